The fourth-order valence-corrected chi connectivity index (χ4v) is 2.96. The van der Waals surface area contributed by atoms with Crippen LogP contribution in [0, 0.1) is 11.8 Å². The largest absolute Gasteiger partial charge is 0.453 e. The van der Waals surface area contributed by atoms with Crippen LogP contribution in [0.5, 0.6) is 0 Å². The molecule has 3 fully saturated rings. The van der Waals surface area contributed by atoms with Gasteiger partial charge in [-0.15, -0.1) is 0 Å². The van der Waals surface area contributed by atoms with Crippen molar-refractivity contribution in [1.82, 2.24) is 4.90 Å². The molecule has 0 aromatic carbocycles. The Bertz CT molecular complexity index is 290. The molecule has 3 unspecified atom stereocenters. The molecule has 1 aliphatic carbocycles. The van der Waals surface area contributed by atoms with Crippen molar-refractivity contribution in [3.05, 3.63) is 0 Å². The number of ketones is 1. The molecule has 0 aromatic heterocycles. The molecule has 3 atom stereocenters. The molecule has 0 spiro atoms. The quantitative estimate of drug-likeness (QED) is 0.659. The number of nitrogens with zero attached hydrogens (tertiary/aromatic N) is 1. The van der Waals surface area contributed by atoms with Gasteiger partial charge in [-0.25, -0.2) is 4.79 Å². The minimum atomic E-state index is -0.351. The Morgan fingerprint density at radius 3 is 2.87 bits per heavy atom. The third kappa shape index (κ3) is 1.62. The summed E-state index contributed by atoms with van der Waals surface area (Å²) in [6, 6.07) is -0.215. The van der Waals surface area contributed by atoms with Crippen LogP contribution in [-0.4, -0.2) is 36.5 Å². The average Bonchev–Trinajstić information content (AvgIpc) is 2.27. The summed E-state index contributed by atoms with van der Waals surface area (Å²) in [6.07, 6.45) is 2.34. The van der Waals surface area contributed by atoms with Gasteiger partial charge in [0.25, 0.3) is 0 Å². The molecular weight excluding hydrogens is 194 g/mol. The molecule has 2 aliphatic heterocycles. The molecule has 2 heterocycles. The molecule has 3 aliphatic rings. The topological polar surface area (TPSA) is 46.6 Å². The highest BCUT2D eigenvalue weighted by molar-refractivity contribution is 5.89. The summed E-state index contributed by atoms with van der Waals surface area (Å²) < 4.78 is 4.72. The van der Waals surface area contributed by atoms with Gasteiger partial charge in [0.2, 0.25) is 0 Å². The lowest BCUT2D eigenvalue weighted by molar-refractivity contribution is -0.135. The zero-order valence-corrected chi connectivity index (χ0v) is 9.23. The van der Waals surface area contributed by atoms with E-state index in [1.807, 2.05) is 0 Å². The molecule has 0 N–H and O–H groups in total. The minimum absolute atomic E-state index is 0.215. The number of carbonyl (C=O) groups excluding carboxylic acids is 2. The molecule has 2 saturated heterocycles. The van der Waals surface area contributed by atoms with Gasteiger partial charge in [0, 0.05) is 13.0 Å². The molecule has 15 heavy (non-hydrogen) atoms. The van der Waals surface area contributed by atoms with Crippen molar-refractivity contribution in [2.45, 2.75) is 32.2 Å². The van der Waals surface area contributed by atoms with Gasteiger partial charge in [0.15, 0.2) is 5.78 Å². The van der Waals surface area contributed by atoms with E-state index >= 15 is 0 Å². The molecule has 0 aromatic rings. The molecule has 3 rings (SSSR count). The van der Waals surface area contributed by atoms with Crippen LogP contribution in [-0.2, 0) is 9.53 Å². The number of fused-ring (bicyclic) bond motifs is 3. The summed E-state index contributed by atoms with van der Waals surface area (Å²) >= 11 is 0. The number of hydrogen-bond acceptors (Lipinski definition) is 3. The molecule has 0 radical (unpaired) electrons. The van der Waals surface area contributed by atoms with Crippen LogP contribution < -0.4 is 0 Å². The lowest BCUT2D eigenvalue weighted by Gasteiger charge is -2.47. The Labute approximate surface area is 89.6 Å². The van der Waals surface area contributed by atoms with E-state index in [-0.39, 0.29) is 17.9 Å². The van der Waals surface area contributed by atoms with Crippen LogP contribution in [0.1, 0.15) is 26.2 Å². The van der Waals surface area contributed by atoms with Crippen LogP contribution >= 0.6 is 0 Å². The van der Waals surface area contributed by atoms with Crippen LogP contribution in [0.4, 0.5) is 4.79 Å². The fourth-order valence-electron chi connectivity index (χ4n) is 2.96. The first-order valence-corrected chi connectivity index (χ1v) is 5.54. The number of hydrogen-bond donors (Lipinski definition) is 0. The average molecular weight is 211 g/mol. The molecule has 4 heteroatoms. The standard InChI is InChI=1S/C11H17NO3/c1-3-8-4-7-5-9(13)10(8)12(6-7)11(14)15-2/h7-8,10H,3-6H2,1-2H3. The van der Waals surface area contributed by atoms with Gasteiger partial charge in [-0.3, -0.25) is 9.69 Å². The third-order valence-corrected chi connectivity index (χ3v) is 3.63. The predicted octanol–water partition coefficient (Wildman–Crippen LogP) is 1.44. The Balaban J connectivity index is 2.21. The number of ether oxygens (including phenoxy) is 1. The Morgan fingerprint density at radius 1 is 1.60 bits per heavy atom. The highest BCUT2D eigenvalue weighted by Gasteiger charge is 2.47. The van der Waals surface area contributed by atoms with E-state index in [1.165, 1.54) is 7.11 Å². The van der Waals surface area contributed by atoms with Gasteiger partial charge in [0.1, 0.15) is 0 Å². The normalized spacial score (nSPS) is 34.4. The lowest BCUT2D eigenvalue weighted by Crippen LogP contribution is -2.59. The van der Waals surface area contributed by atoms with E-state index in [2.05, 4.69) is 6.92 Å². The van der Waals surface area contributed by atoms with Gasteiger partial charge < -0.3 is 4.74 Å². The second-order valence-electron chi connectivity index (χ2n) is 4.51. The number of piperidine rings is 2. The maximum Gasteiger partial charge on any atom is 0.410 e. The third-order valence-electron chi connectivity index (χ3n) is 3.63. The first kappa shape index (κ1) is 10.5. The Morgan fingerprint density at radius 2 is 2.33 bits per heavy atom. The van der Waals surface area contributed by atoms with Crippen molar-refractivity contribution in [2.75, 3.05) is 13.7 Å². The van der Waals surface area contributed by atoms with Gasteiger partial charge in [0.05, 0.1) is 13.2 Å². The maximum atomic E-state index is 11.8. The van der Waals surface area contributed by atoms with Gasteiger partial charge in [-0.2, -0.15) is 0 Å². The van der Waals surface area contributed by atoms with Crippen molar-refractivity contribution in [2.24, 2.45) is 11.8 Å². The molecule has 4 nitrogen and oxygen atoms in total. The monoisotopic (exact) mass is 211 g/mol. The van der Waals surface area contributed by atoms with Gasteiger partial charge in [-0.1, -0.05) is 13.3 Å². The number of methoxy groups -OCH3 is 1. The molecule has 1 saturated carbocycles. The fraction of sp³-hybridized carbons (Fsp3) is 0.818. The molecular formula is C11H17NO3. The summed E-state index contributed by atoms with van der Waals surface area (Å²) in [6.45, 7) is 2.77. The number of Topliss-reactive ketones (excluding diaryl/α,β-unsaturated/α-hetero) is 1. The van der Waals surface area contributed by atoms with Crippen LogP contribution in [0.2, 0.25) is 0 Å². The smallest absolute Gasteiger partial charge is 0.410 e. The summed E-state index contributed by atoms with van der Waals surface area (Å²) in [4.78, 5) is 24.9. The summed E-state index contributed by atoms with van der Waals surface area (Å²) in [5, 5.41) is 0. The first-order valence-electron chi connectivity index (χ1n) is 5.54. The van der Waals surface area contributed by atoms with E-state index in [0.717, 1.165) is 12.8 Å². The summed E-state index contributed by atoms with van der Waals surface area (Å²) in [5.74, 6) is 0.908. The van der Waals surface area contributed by atoms with E-state index < -0.39 is 0 Å². The van der Waals surface area contributed by atoms with E-state index in [0.29, 0.717) is 24.8 Å². The highest BCUT2D eigenvalue weighted by Crippen LogP contribution is 2.38. The minimum Gasteiger partial charge on any atom is -0.453 e. The van der Waals surface area contributed by atoms with Crippen LogP contribution in [0.15, 0.2) is 0 Å². The van der Waals surface area contributed by atoms with E-state index in [1.54, 1.807) is 4.90 Å². The van der Waals surface area contributed by atoms with Crippen LogP contribution in [0.25, 0.3) is 0 Å². The zero-order valence-electron chi connectivity index (χ0n) is 9.23. The molecule has 2 bridgehead atoms. The Kier molecular flexibility index (Phi) is 2.67. The second kappa shape index (κ2) is 3.83. The number of rotatable bonds is 1. The Hall–Kier alpha value is -1.06. The van der Waals surface area contributed by atoms with Crippen molar-refractivity contribution in [3.8, 4) is 0 Å². The number of amides is 1. The van der Waals surface area contributed by atoms with Gasteiger partial charge in [-0.05, 0) is 18.3 Å². The van der Waals surface area contributed by atoms with Crippen molar-refractivity contribution in [3.63, 3.8) is 0 Å². The van der Waals surface area contributed by atoms with Crippen molar-refractivity contribution < 1.29 is 14.3 Å². The molecule has 1 amide bonds. The first-order chi connectivity index (χ1) is 7.17. The van der Waals surface area contributed by atoms with E-state index in [4.69, 9.17) is 4.74 Å². The summed E-state index contributed by atoms with van der Waals surface area (Å²) in [7, 11) is 1.37. The maximum absolute atomic E-state index is 11.8. The predicted molar refractivity (Wildman–Crippen MR) is 54.4 cm³/mol. The summed E-state index contributed by atoms with van der Waals surface area (Å²) in [5.41, 5.74) is 0. The highest BCUT2D eigenvalue weighted by atomic mass is 16.5. The van der Waals surface area contributed by atoms with Gasteiger partial charge >= 0.3 is 6.09 Å². The number of carbonyl (C=O) groups is 2. The van der Waals surface area contributed by atoms with Crippen molar-refractivity contribution >= 4 is 11.9 Å². The van der Waals surface area contributed by atoms with Crippen molar-refractivity contribution in [1.29, 1.82) is 0 Å². The molecule has 84 valence electrons. The van der Waals surface area contributed by atoms with Crippen LogP contribution in [0.3, 0.4) is 0 Å². The second-order valence-corrected chi connectivity index (χ2v) is 4.51. The SMILES string of the molecule is CCC1CC2CC(=O)C1N(C(=O)OC)C2. The lowest BCUT2D eigenvalue weighted by atomic mass is 9.71. The van der Waals surface area contributed by atoms with E-state index in [9.17, 15) is 9.59 Å². The zero-order chi connectivity index (χ0) is 11.0.